The van der Waals surface area contributed by atoms with Gasteiger partial charge >= 0.3 is 6.18 Å². The fraction of sp³-hybridized carbons (Fsp3) is 0.278. The summed E-state index contributed by atoms with van der Waals surface area (Å²) in [5.74, 6) is -0.357. The highest BCUT2D eigenvalue weighted by molar-refractivity contribution is 6.08. The number of likely N-dealkylation sites (N-methyl/N-ethyl adjacent to an activating group) is 1. The first kappa shape index (κ1) is 33.3. The number of amides is 2. The summed E-state index contributed by atoms with van der Waals surface area (Å²) in [6, 6.07) is 28.5. The predicted molar refractivity (Wildman–Crippen MR) is 174 cm³/mol. The average molecular weight is 617 g/mol. The van der Waals surface area contributed by atoms with Gasteiger partial charge < -0.3 is 15.5 Å². The molecule has 0 heterocycles. The quantitative estimate of drug-likeness (QED) is 0.162. The van der Waals surface area contributed by atoms with Crippen molar-refractivity contribution >= 4 is 23.2 Å². The van der Waals surface area contributed by atoms with Gasteiger partial charge in [-0.3, -0.25) is 14.5 Å². The van der Waals surface area contributed by atoms with Gasteiger partial charge in [-0.05, 0) is 79.0 Å². The molecule has 0 aliphatic heterocycles. The van der Waals surface area contributed by atoms with E-state index in [1.165, 1.54) is 12.1 Å². The molecule has 0 radical (unpaired) electrons. The molecule has 2 amide bonds. The van der Waals surface area contributed by atoms with Crippen molar-refractivity contribution in [2.75, 3.05) is 43.9 Å². The molecule has 236 valence electrons. The van der Waals surface area contributed by atoms with Crippen molar-refractivity contribution in [1.29, 1.82) is 0 Å². The van der Waals surface area contributed by atoms with E-state index < -0.39 is 11.7 Å². The van der Waals surface area contributed by atoms with E-state index in [0.717, 1.165) is 49.3 Å². The number of benzene rings is 4. The van der Waals surface area contributed by atoms with Crippen LogP contribution in [0.2, 0.25) is 0 Å². The van der Waals surface area contributed by atoms with Gasteiger partial charge in [-0.25, -0.2) is 0 Å². The van der Waals surface area contributed by atoms with Crippen molar-refractivity contribution < 1.29 is 22.8 Å². The Labute approximate surface area is 262 Å². The van der Waals surface area contributed by atoms with Gasteiger partial charge in [0.1, 0.15) is 6.04 Å². The smallest absolute Gasteiger partial charge is 0.375 e. The number of rotatable bonds is 13. The maximum Gasteiger partial charge on any atom is 0.416 e. The lowest BCUT2D eigenvalue weighted by molar-refractivity contribution is -0.137. The zero-order valence-corrected chi connectivity index (χ0v) is 25.8. The van der Waals surface area contributed by atoms with Gasteiger partial charge in [-0.15, -0.1) is 0 Å². The van der Waals surface area contributed by atoms with Crippen molar-refractivity contribution in [2.24, 2.45) is 0 Å². The Balaban J connectivity index is 1.35. The van der Waals surface area contributed by atoms with Crippen LogP contribution in [-0.4, -0.2) is 50.4 Å². The summed E-state index contributed by atoms with van der Waals surface area (Å²) in [5.41, 5.74) is 3.22. The Kier molecular flexibility index (Phi) is 11.4. The van der Waals surface area contributed by atoms with E-state index in [2.05, 4.69) is 20.4 Å². The minimum Gasteiger partial charge on any atom is -0.375 e. The van der Waals surface area contributed by atoms with Crippen molar-refractivity contribution in [3.63, 3.8) is 0 Å². The third-order valence-corrected chi connectivity index (χ3v) is 7.62. The van der Waals surface area contributed by atoms with Crippen LogP contribution in [0.3, 0.4) is 0 Å². The molecule has 2 N–H and O–H groups in total. The van der Waals surface area contributed by atoms with Gasteiger partial charge in [0.15, 0.2) is 0 Å². The van der Waals surface area contributed by atoms with E-state index in [4.69, 9.17) is 0 Å². The first-order chi connectivity index (χ1) is 21.6. The molecule has 4 aromatic carbocycles. The number of halogens is 3. The van der Waals surface area contributed by atoms with Crippen LogP contribution in [0.25, 0.3) is 11.1 Å². The zero-order valence-electron chi connectivity index (χ0n) is 25.8. The van der Waals surface area contributed by atoms with E-state index in [9.17, 15) is 22.8 Å². The van der Waals surface area contributed by atoms with Crippen molar-refractivity contribution in [1.82, 2.24) is 10.2 Å². The molecule has 1 unspecified atom stereocenters. The van der Waals surface area contributed by atoms with Crippen molar-refractivity contribution in [3.05, 3.63) is 120 Å². The molecule has 1 atom stereocenters. The van der Waals surface area contributed by atoms with Crippen molar-refractivity contribution in [3.8, 4) is 11.1 Å². The van der Waals surface area contributed by atoms with E-state index in [-0.39, 0.29) is 17.9 Å². The molecule has 6 nitrogen and oxygen atoms in total. The van der Waals surface area contributed by atoms with Gasteiger partial charge in [0.05, 0.1) is 5.56 Å². The van der Waals surface area contributed by atoms with Crippen LogP contribution >= 0.6 is 0 Å². The maximum absolute atomic E-state index is 13.2. The van der Waals surface area contributed by atoms with E-state index in [0.29, 0.717) is 28.9 Å². The van der Waals surface area contributed by atoms with Crippen LogP contribution < -0.4 is 15.5 Å². The predicted octanol–water partition coefficient (Wildman–Crippen LogP) is 7.65. The Morgan fingerprint density at radius 2 is 1.44 bits per heavy atom. The number of nitrogens with one attached hydrogen (secondary N) is 2. The van der Waals surface area contributed by atoms with E-state index in [1.807, 2.05) is 75.6 Å². The number of anilines is 2. The topological polar surface area (TPSA) is 64.7 Å². The number of alkyl halides is 3. The first-order valence-corrected chi connectivity index (χ1v) is 15.0. The molecule has 0 saturated heterocycles. The van der Waals surface area contributed by atoms with E-state index in [1.54, 1.807) is 24.3 Å². The third kappa shape index (κ3) is 8.95. The summed E-state index contributed by atoms with van der Waals surface area (Å²) < 4.78 is 39.0. The SMILES string of the molecule is CCCNC(=O)C(c1ccccc1)N(C)CCCN(C)c1ccc(NC(=O)c2ccccc2-c2ccc(C(F)(F)F)cc2)cc1. The van der Waals surface area contributed by atoms with Crippen LogP contribution in [0.1, 0.15) is 47.3 Å². The van der Waals surface area contributed by atoms with Crippen LogP contribution in [0.5, 0.6) is 0 Å². The van der Waals surface area contributed by atoms with Gasteiger partial charge in [0.2, 0.25) is 5.91 Å². The standard InChI is InChI=1S/C36H39F3N4O2/c1-4-23-40-35(45)33(27-11-6-5-7-12-27)43(3)25-10-24-42(2)30-21-19-29(20-22-30)41-34(44)32-14-9-8-13-31(32)26-15-17-28(18-16-26)36(37,38)39/h5-9,11-22,33H,4,10,23-25H2,1-3H3,(H,40,45)(H,41,44). The summed E-state index contributed by atoms with van der Waals surface area (Å²) >= 11 is 0. The van der Waals surface area contributed by atoms with Gasteiger partial charge in [0, 0.05) is 43.6 Å². The fourth-order valence-electron chi connectivity index (χ4n) is 5.17. The average Bonchev–Trinajstić information content (AvgIpc) is 3.04. The van der Waals surface area contributed by atoms with E-state index >= 15 is 0 Å². The molecular weight excluding hydrogens is 577 g/mol. The molecule has 0 bridgehead atoms. The Bertz CT molecular complexity index is 1540. The molecule has 4 aromatic rings. The number of carbonyl (C=O) groups excluding carboxylic acids is 2. The minimum atomic E-state index is -4.43. The lowest BCUT2D eigenvalue weighted by atomic mass is 9.98. The molecule has 9 heteroatoms. The normalized spacial score (nSPS) is 12.1. The monoisotopic (exact) mass is 616 g/mol. The summed E-state index contributed by atoms with van der Waals surface area (Å²) in [5, 5.41) is 5.93. The molecule has 45 heavy (non-hydrogen) atoms. The summed E-state index contributed by atoms with van der Waals surface area (Å²) in [7, 11) is 3.97. The van der Waals surface area contributed by atoms with Gasteiger partial charge in [0.25, 0.3) is 5.91 Å². The maximum atomic E-state index is 13.2. The molecular formula is C36H39F3N4O2. The third-order valence-electron chi connectivity index (χ3n) is 7.62. The van der Waals surface area contributed by atoms with Gasteiger partial charge in [-0.2, -0.15) is 13.2 Å². The fourth-order valence-corrected chi connectivity index (χ4v) is 5.17. The number of hydrogen-bond donors (Lipinski definition) is 2. The largest absolute Gasteiger partial charge is 0.416 e. The van der Waals surface area contributed by atoms with Crippen LogP contribution in [0.15, 0.2) is 103 Å². The highest BCUT2D eigenvalue weighted by atomic mass is 19.4. The highest BCUT2D eigenvalue weighted by Gasteiger charge is 2.30. The second-order valence-corrected chi connectivity index (χ2v) is 11.0. The molecule has 4 rings (SSSR count). The molecule has 0 aliphatic rings. The zero-order chi connectivity index (χ0) is 32.4. The minimum absolute atomic E-state index is 0.00137. The number of hydrogen-bond acceptors (Lipinski definition) is 4. The Hall–Kier alpha value is -4.63. The molecule has 0 spiro atoms. The van der Waals surface area contributed by atoms with Crippen LogP contribution in [0.4, 0.5) is 24.5 Å². The summed E-state index contributed by atoms with van der Waals surface area (Å²) in [6.07, 6.45) is -2.72. The first-order valence-electron chi connectivity index (χ1n) is 15.0. The summed E-state index contributed by atoms with van der Waals surface area (Å²) in [6.45, 7) is 4.15. The van der Waals surface area contributed by atoms with Gasteiger partial charge in [-0.1, -0.05) is 67.6 Å². The van der Waals surface area contributed by atoms with Crippen LogP contribution in [-0.2, 0) is 11.0 Å². The molecule has 0 aliphatic carbocycles. The second-order valence-electron chi connectivity index (χ2n) is 11.0. The highest BCUT2D eigenvalue weighted by Crippen LogP contribution is 2.32. The van der Waals surface area contributed by atoms with Crippen LogP contribution in [0, 0.1) is 0 Å². The van der Waals surface area contributed by atoms with Crippen molar-refractivity contribution in [2.45, 2.75) is 32.0 Å². The Morgan fingerprint density at radius 3 is 2.09 bits per heavy atom. The number of carbonyl (C=O) groups is 2. The second kappa shape index (κ2) is 15.4. The lowest BCUT2D eigenvalue weighted by Gasteiger charge is -2.28. The lowest BCUT2D eigenvalue weighted by Crippen LogP contribution is -2.40. The summed E-state index contributed by atoms with van der Waals surface area (Å²) in [4.78, 5) is 30.4. The molecule has 0 fully saturated rings. The number of nitrogens with zero attached hydrogens (tertiary/aromatic N) is 2. The Morgan fingerprint density at radius 1 is 0.800 bits per heavy atom. The molecule has 0 aromatic heterocycles. The molecule has 0 saturated carbocycles.